The molecular formula is C19H10Cl2F9N5. The van der Waals surface area contributed by atoms with Crippen molar-refractivity contribution in [3.8, 4) is 6.07 Å². The maximum atomic E-state index is 14.8. The van der Waals surface area contributed by atoms with Crippen LogP contribution in [0.25, 0.3) is 0 Å². The van der Waals surface area contributed by atoms with Crippen LogP contribution >= 0.6 is 23.2 Å². The zero-order chi connectivity index (χ0) is 26.6. The normalized spacial score (nSPS) is 18.5. The molecule has 0 aliphatic carbocycles. The Morgan fingerprint density at radius 3 is 1.97 bits per heavy atom. The molecule has 0 bridgehead atoms. The first-order valence-corrected chi connectivity index (χ1v) is 9.88. The molecule has 2 aromatic carbocycles. The van der Waals surface area contributed by atoms with Crippen LogP contribution in [0.3, 0.4) is 0 Å². The van der Waals surface area contributed by atoms with Gasteiger partial charge in [0.15, 0.2) is 0 Å². The van der Waals surface area contributed by atoms with Crippen LogP contribution in [-0.4, -0.2) is 24.8 Å². The molecule has 0 saturated heterocycles. The minimum Gasteiger partial charge on any atom is -0.398 e. The topological polar surface area (TPSA) is 77.8 Å². The molecule has 2 aromatic rings. The molecule has 1 aliphatic heterocycles. The molecular weight excluding hydrogens is 540 g/mol. The fraction of sp³-hybridized carbons (Fsp3) is 0.316. The van der Waals surface area contributed by atoms with Crippen LogP contribution in [0.1, 0.15) is 22.7 Å². The summed E-state index contributed by atoms with van der Waals surface area (Å²) in [5.74, 6) is -6.87. The molecule has 0 radical (unpaired) electrons. The molecule has 188 valence electrons. The molecule has 5 nitrogen and oxygen atoms in total. The Kier molecular flexibility index (Phi) is 6.58. The average Bonchev–Trinajstić information content (AvgIpc) is 3.20. The summed E-state index contributed by atoms with van der Waals surface area (Å²) in [6, 6.07) is 5.35. The highest BCUT2D eigenvalue weighted by Crippen LogP contribution is 2.59. The molecule has 2 atom stereocenters. The van der Waals surface area contributed by atoms with Crippen molar-refractivity contribution in [2.24, 2.45) is 10.3 Å². The van der Waals surface area contributed by atoms with E-state index in [9.17, 15) is 39.5 Å². The van der Waals surface area contributed by atoms with Gasteiger partial charge in [0.1, 0.15) is 12.1 Å². The summed E-state index contributed by atoms with van der Waals surface area (Å²) in [5.41, 5.74) is -2.27. The highest BCUT2D eigenvalue weighted by atomic mass is 35.5. The highest BCUT2D eigenvalue weighted by molar-refractivity contribution is 6.39. The monoisotopic (exact) mass is 549 g/mol. The largest absolute Gasteiger partial charge is 0.457 e. The van der Waals surface area contributed by atoms with Crippen molar-refractivity contribution in [3.63, 3.8) is 0 Å². The van der Waals surface area contributed by atoms with Crippen LogP contribution in [0.5, 0.6) is 0 Å². The summed E-state index contributed by atoms with van der Waals surface area (Å²) < 4.78 is 120. The molecule has 3 rings (SSSR count). The Morgan fingerprint density at radius 2 is 1.51 bits per heavy atom. The quantitative estimate of drug-likeness (QED) is 0.321. The lowest BCUT2D eigenvalue weighted by atomic mass is 9.87. The van der Waals surface area contributed by atoms with E-state index < -0.39 is 51.3 Å². The number of alkyl halides is 9. The standard InChI is InChI=1S/C19H10Cl2F9N5/c20-11-4-10(16(22,18(25,26)27)17(23,24)19(28,29)30)5-12(21)15(11)35-7-14(33-34-35)8-1-2-9(6-31)13(32)3-8/h1-5,14H,7,32H2. The zero-order valence-electron chi connectivity index (χ0n) is 16.7. The highest BCUT2D eigenvalue weighted by Gasteiger charge is 2.81. The first-order valence-electron chi connectivity index (χ1n) is 9.13. The van der Waals surface area contributed by atoms with E-state index in [2.05, 4.69) is 10.3 Å². The Labute approximate surface area is 200 Å². The number of nitriles is 1. The summed E-state index contributed by atoms with van der Waals surface area (Å²) in [7, 11) is 0. The van der Waals surface area contributed by atoms with E-state index in [1.165, 1.54) is 18.2 Å². The SMILES string of the molecule is N#Cc1ccc(C2CN(c3c(Cl)cc(C(F)(C(F)(F)F)C(F)(F)C(F)(F)F)cc3Cl)N=N2)cc1N. The molecule has 0 amide bonds. The van der Waals surface area contributed by atoms with E-state index in [1.807, 2.05) is 6.07 Å². The first kappa shape index (κ1) is 26.7. The third-order valence-electron chi connectivity index (χ3n) is 5.08. The van der Waals surface area contributed by atoms with Gasteiger partial charge in [0, 0.05) is 11.3 Å². The van der Waals surface area contributed by atoms with Gasteiger partial charge in [-0.3, -0.25) is 0 Å². The molecule has 2 unspecified atom stereocenters. The zero-order valence-corrected chi connectivity index (χ0v) is 18.2. The van der Waals surface area contributed by atoms with E-state index in [-0.39, 0.29) is 29.9 Å². The van der Waals surface area contributed by atoms with Crippen molar-refractivity contribution in [1.29, 1.82) is 5.26 Å². The molecule has 0 fully saturated rings. The summed E-state index contributed by atoms with van der Waals surface area (Å²) in [5, 5.41) is 15.7. The van der Waals surface area contributed by atoms with E-state index in [0.29, 0.717) is 5.56 Å². The van der Waals surface area contributed by atoms with Crippen LogP contribution in [0.2, 0.25) is 10.0 Å². The van der Waals surface area contributed by atoms with Gasteiger partial charge in [0.05, 0.1) is 27.8 Å². The van der Waals surface area contributed by atoms with E-state index in [4.69, 9.17) is 34.2 Å². The predicted molar refractivity (Wildman–Crippen MR) is 107 cm³/mol. The summed E-state index contributed by atoms with van der Waals surface area (Å²) in [6.07, 6.45) is -13.6. The second-order valence-electron chi connectivity index (χ2n) is 7.28. The lowest BCUT2D eigenvalue weighted by molar-refractivity contribution is -0.389. The second-order valence-corrected chi connectivity index (χ2v) is 8.09. The number of hydrogen-bond acceptors (Lipinski definition) is 5. The fourth-order valence-corrected chi connectivity index (χ4v) is 3.97. The number of hydrogen-bond donors (Lipinski definition) is 1. The summed E-state index contributed by atoms with van der Waals surface area (Å²) in [6.45, 7) is -0.164. The maximum Gasteiger partial charge on any atom is 0.457 e. The van der Waals surface area contributed by atoms with Crippen molar-refractivity contribution >= 4 is 34.6 Å². The molecule has 0 spiro atoms. The van der Waals surface area contributed by atoms with Gasteiger partial charge in [-0.25, -0.2) is 9.40 Å². The lowest BCUT2D eigenvalue weighted by Crippen LogP contribution is -2.59. The van der Waals surface area contributed by atoms with Gasteiger partial charge in [-0.2, -0.15) is 45.5 Å². The Hall–Kier alpha value is -2.92. The van der Waals surface area contributed by atoms with Crippen molar-refractivity contribution < 1.29 is 39.5 Å². The van der Waals surface area contributed by atoms with Crippen LogP contribution in [-0.2, 0) is 5.67 Å². The number of rotatable bonds is 4. The molecule has 35 heavy (non-hydrogen) atoms. The van der Waals surface area contributed by atoms with Gasteiger partial charge >= 0.3 is 23.9 Å². The van der Waals surface area contributed by atoms with Gasteiger partial charge in [0.25, 0.3) is 0 Å². The molecule has 16 heteroatoms. The Balaban J connectivity index is 2.01. The van der Waals surface area contributed by atoms with Gasteiger partial charge in [-0.1, -0.05) is 34.5 Å². The molecule has 0 saturated carbocycles. The van der Waals surface area contributed by atoms with Crippen LogP contribution in [0.15, 0.2) is 40.7 Å². The van der Waals surface area contributed by atoms with Crippen molar-refractivity contribution in [1.82, 2.24) is 0 Å². The lowest BCUT2D eigenvalue weighted by Gasteiger charge is -2.36. The van der Waals surface area contributed by atoms with Gasteiger partial charge in [-0.05, 0) is 29.8 Å². The summed E-state index contributed by atoms with van der Waals surface area (Å²) >= 11 is 11.7. The van der Waals surface area contributed by atoms with Gasteiger partial charge < -0.3 is 5.73 Å². The Bertz CT molecular complexity index is 1200. The predicted octanol–water partition coefficient (Wildman–Crippen LogP) is 7.30. The number of nitrogens with two attached hydrogens (primary N) is 1. The smallest absolute Gasteiger partial charge is 0.398 e. The van der Waals surface area contributed by atoms with Crippen molar-refractivity contribution in [3.05, 3.63) is 57.1 Å². The molecule has 1 heterocycles. The van der Waals surface area contributed by atoms with E-state index >= 15 is 0 Å². The Morgan fingerprint density at radius 1 is 0.943 bits per heavy atom. The minimum atomic E-state index is -6.89. The number of nitrogens with zero attached hydrogens (tertiary/aromatic N) is 4. The second kappa shape index (κ2) is 8.63. The van der Waals surface area contributed by atoms with E-state index in [1.54, 1.807) is 0 Å². The first-order chi connectivity index (χ1) is 16.0. The third-order valence-corrected chi connectivity index (χ3v) is 5.65. The number of anilines is 2. The number of halogens is 11. The van der Waals surface area contributed by atoms with E-state index in [0.717, 1.165) is 5.01 Å². The fourth-order valence-electron chi connectivity index (χ4n) is 3.29. The molecule has 2 N–H and O–H groups in total. The summed E-state index contributed by atoms with van der Waals surface area (Å²) in [4.78, 5) is 0. The van der Waals surface area contributed by atoms with Crippen LogP contribution in [0.4, 0.5) is 50.9 Å². The van der Waals surface area contributed by atoms with Crippen molar-refractivity contribution in [2.45, 2.75) is 30.0 Å². The number of nitrogen functional groups attached to an aromatic ring is 1. The average molecular weight is 550 g/mol. The molecule has 1 aliphatic rings. The van der Waals surface area contributed by atoms with Crippen molar-refractivity contribution in [2.75, 3.05) is 17.3 Å². The number of benzene rings is 2. The minimum absolute atomic E-state index is 0.0293. The van der Waals surface area contributed by atoms with Gasteiger partial charge in [0.2, 0.25) is 0 Å². The maximum absolute atomic E-state index is 14.8. The molecule has 0 aromatic heterocycles. The van der Waals surface area contributed by atoms with Crippen LogP contribution < -0.4 is 10.7 Å². The third kappa shape index (κ3) is 4.31. The van der Waals surface area contributed by atoms with Gasteiger partial charge in [-0.15, -0.1) is 0 Å². The van der Waals surface area contributed by atoms with Crippen LogP contribution in [0, 0.1) is 11.3 Å².